The van der Waals surface area contributed by atoms with Gasteiger partial charge in [-0.3, -0.25) is 4.79 Å². The highest BCUT2D eigenvalue weighted by Crippen LogP contribution is 2.17. The average Bonchev–Trinajstić information content (AvgIpc) is 3.10. The van der Waals surface area contributed by atoms with Crippen LogP contribution < -0.4 is 10.1 Å². The average molecular weight is 409 g/mol. The molecular formula is C24H32N4O2. The van der Waals surface area contributed by atoms with Crippen LogP contribution in [0.25, 0.3) is 11.0 Å². The molecule has 0 fully saturated rings. The summed E-state index contributed by atoms with van der Waals surface area (Å²) in [6, 6.07) is 16.1. The van der Waals surface area contributed by atoms with Gasteiger partial charge in [-0.25, -0.2) is 4.98 Å². The van der Waals surface area contributed by atoms with E-state index in [0.717, 1.165) is 42.8 Å². The highest BCUT2D eigenvalue weighted by molar-refractivity contribution is 5.77. The maximum absolute atomic E-state index is 12.2. The van der Waals surface area contributed by atoms with Gasteiger partial charge in [0.05, 0.1) is 11.0 Å². The minimum atomic E-state index is -0.121. The number of carbonyl (C=O) groups excluding carboxylic acids is 1. The highest BCUT2D eigenvalue weighted by Gasteiger charge is 2.11. The molecule has 3 rings (SSSR count). The number of nitrogens with zero attached hydrogens (tertiary/aromatic N) is 3. The molecule has 160 valence electrons. The zero-order chi connectivity index (χ0) is 21.3. The monoisotopic (exact) mass is 408 g/mol. The molecule has 0 spiro atoms. The van der Waals surface area contributed by atoms with Gasteiger partial charge in [0.25, 0.3) is 5.91 Å². The number of aromatic nitrogens is 2. The lowest BCUT2D eigenvalue weighted by atomic mass is 10.2. The van der Waals surface area contributed by atoms with E-state index in [2.05, 4.69) is 41.9 Å². The Bertz CT molecular complexity index is 947. The van der Waals surface area contributed by atoms with Crippen LogP contribution in [0.15, 0.2) is 48.5 Å². The van der Waals surface area contributed by atoms with E-state index in [1.807, 2.05) is 42.5 Å². The quantitative estimate of drug-likeness (QED) is 0.529. The molecule has 6 nitrogen and oxygen atoms in total. The van der Waals surface area contributed by atoms with E-state index in [1.54, 1.807) is 0 Å². The summed E-state index contributed by atoms with van der Waals surface area (Å²) in [6.07, 6.45) is 2.73. The van der Waals surface area contributed by atoms with Gasteiger partial charge in [-0.1, -0.05) is 31.2 Å². The van der Waals surface area contributed by atoms with Crippen molar-refractivity contribution < 1.29 is 9.53 Å². The summed E-state index contributed by atoms with van der Waals surface area (Å²) in [6.45, 7) is 4.61. The summed E-state index contributed by atoms with van der Waals surface area (Å²) in [5.41, 5.74) is 3.40. The lowest BCUT2D eigenvalue weighted by molar-refractivity contribution is -0.123. The third-order valence-corrected chi connectivity index (χ3v) is 5.09. The first kappa shape index (κ1) is 21.8. The predicted octanol–water partition coefficient (Wildman–Crippen LogP) is 3.29. The Balaban J connectivity index is 1.52. The van der Waals surface area contributed by atoms with Gasteiger partial charge in [-0.2, -0.15) is 0 Å². The normalized spacial score (nSPS) is 11.2. The fourth-order valence-electron chi connectivity index (χ4n) is 3.45. The van der Waals surface area contributed by atoms with Crippen molar-refractivity contribution in [1.29, 1.82) is 0 Å². The van der Waals surface area contributed by atoms with Crippen LogP contribution in [0.2, 0.25) is 0 Å². The Hall–Kier alpha value is -2.86. The van der Waals surface area contributed by atoms with Crippen molar-refractivity contribution in [3.05, 3.63) is 59.9 Å². The lowest BCUT2D eigenvalue weighted by Gasteiger charge is -2.13. The Kier molecular flexibility index (Phi) is 7.85. The standard InChI is InChI=1S/C24H32N4O2/c1-4-19-10-12-20(13-11-19)30-18-24(29)25-15-14-23-26-21-8-5-6-9-22(21)28(23)17-7-16-27(2)3/h5-6,8-13H,4,7,14-18H2,1-3H3,(H,25,29). The van der Waals surface area contributed by atoms with Crippen molar-refractivity contribution in [3.8, 4) is 5.75 Å². The van der Waals surface area contributed by atoms with Crippen molar-refractivity contribution >= 4 is 16.9 Å². The molecule has 1 N–H and O–H groups in total. The minimum absolute atomic E-state index is 0.0186. The van der Waals surface area contributed by atoms with Crippen LogP contribution in [0.1, 0.15) is 24.7 Å². The smallest absolute Gasteiger partial charge is 0.257 e. The van der Waals surface area contributed by atoms with Crippen LogP contribution >= 0.6 is 0 Å². The second kappa shape index (κ2) is 10.8. The van der Waals surface area contributed by atoms with Gasteiger partial charge in [0.1, 0.15) is 11.6 Å². The van der Waals surface area contributed by atoms with Crippen LogP contribution in [0.3, 0.4) is 0 Å². The summed E-state index contributed by atoms with van der Waals surface area (Å²) in [5, 5.41) is 2.94. The van der Waals surface area contributed by atoms with Crippen molar-refractivity contribution in [2.45, 2.75) is 32.7 Å². The summed E-state index contributed by atoms with van der Waals surface area (Å²) < 4.78 is 7.85. The fourth-order valence-corrected chi connectivity index (χ4v) is 3.45. The van der Waals surface area contributed by atoms with Gasteiger partial charge in [0, 0.05) is 19.5 Å². The van der Waals surface area contributed by atoms with Gasteiger partial charge in [0.2, 0.25) is 0 Å². The lowest BCUT2D eigenvalue weighted by Crippen LogP contribution is -2.31. The molecule has 0 aliphatic rings. The molecule has 0 aliphatic heterocycles. The maximum Gasteiger partial charge on any atom is 0.257 e. The van der Waals surface area contributed by atoms with E-state index in [1.165, 1.54) is 5.56 Å². The highest BCUT2D eigenvalue weighted by atomic mass is 16.5. The summed E-state index contributed by atoms with van der Waals surface area (Å²) in [4.78, 5) is 19.1. The van der Waals surface area contributed by atoms with Gasteiger partial charge in [-0.15, -0.1) is 0 Å². The number of amides is 1. The molecule has 0 unspecified atom stereocenters. The molecule has 1 heterocycles. The number of hydrogen-bond acceptors (Lipinski definition) is 4. The number of benzene rings is 2. The van der Waals surface area contributed by atoms with Gasteiger partial charge in [-0.05, 0) is 63.3 Å². The van der Waals surface area contributed by atoms with Crippen LogP contribution in [-0.2, 0) is 24.2 Å². The molecule has 1 amide bonds. The number of rotatable bonds is 11. The van der Waals surface area contributed by atoms with Crippen molar-refractivity contribution in [1.82, 2.24) is 19.8 Å². The number of carbonyl (C=O) groups is 1. The first-order chi connectivity index (χ1) is 14.6. The molecule has 0 saturated carbocycles. The molecule has 0 atom stereocenters. The van der Waals surface area contributed by atoms with Crippen LogP contribution in [0, 0.1) is 0 Å². The topological polar surface area (TPSA) is 59.4 Å². The molecule has 6 heteroatoms. The van der Waals surface area contributed by atoms with E-state index in [4.69, 9.17) is 9.72 Å². The molecular weight excluding hydrogens is 376 g/mol. The minimum Gasteiger partial charge on any atom is -0.484 e. The van der Waals surface area contributed by atoms with Crippen LogP contribution in [0.4, 0.5) is 0 Å². The molecule has 3 aromatic rings. The second-order valence-electron chi connectivity index (χ2n) is 7.71. The number of fused-ring (bicyclic) bond motifs is 1. The third kappa shape index (κ3) is 6.07. The summed E-state index contributed by atoms with van der Waals surface area (Å²) >= 11 is 0. The van der Waals surface area contributed by atoms with Crippen molar-refractivity contribution in [3.63, 3.8) is 0 Å². The van der Waals surface area contributed by atoms with Gasteiger partial charge >= 0.3 is 0 Å². The molecule has 0 bridgehead atoms. The van der Waals surface area contributed by atoms with Crippen molar-refractivity contribution in [2.75, 3.05) is 33.8 Å². The number of imidazole rings is 1. The predicted molar refractivity (Wildman–Crippen MR) is 121 cm³/mol. The molecule has 0 radical (unpaired) electrons. The Morgan fingerprint density at radius 2 is 1.90 bits per heavy atom. The van der Waals surface area contributed by atoms with E-state index >= 15 is 0 Å². The molecule has 1 aromatic heterocycles. The largest absolute Gasteiger partial charge is 0.484 e. The summed E-state index contributed by atoms with van der Waals surface area (Å²) in [7, 11) is 4.17. The maximum atomic E-state index is 12.2. The first-order valence-corrected chi connectivity index (χ1v) is 10.6. The number of para-hydroxylation sites is 2. The fraction of sp³-hybridized carbons (Fsp3) is 0.417. The van der Waals surface area contributed by atoms with Gasteiger partial charge in [0.15, 0.2) is 6.61 Å². The second-order valence-corrected chi connectivity index (χ2v) is 7.71. The Labute approximate surface area is 178 Å². The first-order valence-electron chi connectivity index (χ1n) is 10.6. The van der Waals surface area contributed by atoms with E-state index in [9.17, 15) is 4.79 Å². The van der Waals surface area contributed by atoms with Crippen LogP contribution in [-0.4, -0.2) is 54.1 Å². The number of nitrogens with one attached hydrogen (secondary N) is 1. The number of hydrogen-bond donors (Lipinski definition) is 1. The molecule has 0 saturated heterocycles. The van der Waals surface area contributed by atoms with Crippen molar-refractivity contribution in [2.24, 2.45) is 0 Å². The number of aryl methyl sites for hydroxylation is 2. The van der Waals surface area contributed by atoms with E-state index in [0.29, 0.717) is 18.7 Å². The van der Waals surface area contributed by atoms with Crippen LogP contribution in [0.5, 0.6) is 5.75 Å². The van der Waals surface area contributed by atoms with Gasteiger partial charge < -0.3 is 19.5 Å². The Morgan fingerprint density at radius 3 is 2.63 bits per heavy atom. The SMILES string of the molecule is CCc1ccc(OCC(=O)NCCc2nc3ccccc3n2CCCN(C)C)cc1. The third-order valence-electron chi connectivity index (χ3n) is 5.09. The Morgan fingerprint density at radius 1 is 1.13 bits per heavy atom. The summed E-state index contributed by atoms with van der Waals surface area (Å²) in [5.74, 6) is 1.60. The zero-order valence-corrected chi connectivity index (χ0v) is 18.2. The zero-order valence-electron chi connectivity index (χ0n) is 18.2. The van der Waals surface area contributed by atoms with E-state index in [-0.39, 0.29) is 12.5 Å². The molecule has 0 aliphatic carbocycles. The van der Waals surface area contributed by atoms with E-state index < -0.39 is 0 Å². The molecule has 2 aromatic carbocycles. The number of ether oxygens (including phenoxy) is 1. The molecule has 30 heavy (non-hydrogen) atoms.